The van der Waals surface area contributed by atoms with Gasteiger partial charge in [0.15, 0.2) is 0 Å². The number of hydrogen-bond acceptors (Lipinski definition) is 1. The van der Waals surface area contributed by atoms with Crippen molar-refractivity contribution in [2.45, 2.75) is 26.6 Å². The predicted molar refractivity (Wildman–Crippen MR) is 82.4 cm³/mol. The van der Waals surface area contributed by atoms with Crippen molar-refractivity contribution in [1.82, 2.24) is 0 Å². The molecule has 0 spiro atoms. The zero-order valence-electron chi connectivity index (χ0n) is 11.7. The fraction of sp³-hybridized carbons (Fsp3) is 0.250. The largest absolute Gasteiger partial charge is 0.416 e. The Morgan fingerprint density at radius 1 is 1.00 bits per heavy atom. The van der Waals surface area contributed by atoms with Crippen molar-refractivity contribution in [3.05, 3.63) is 63.1 Å². The average Bonchev–Trinajstić information content (AvgIpc) is 2.38. The van der Waals surface area contributed by atoms with Crippen molar-refractivity contribution in [1.29, 1.82) is 0 Å². The number of hydrogen-bond donors (Lipinski definition) is 1. The molecule has 2 rings (SSSR count). The van der Waals surface area contributed by atoms with Crippen molar-refractivity contribution in [2.75, 3.05) is 5.32 Å². The fourth-order valence-electron chi connectivity index (χ4n) is 1.97. The first-order chi connectivity index (χ1) is 9.75. The summed E-state index contributed by atoms with van der Waals surface area (Å²) < 4.78 is 38.7. The summed E-state index contributed by atoms with van der Waals surface area (Å²) in [7, 11) is 0. The Morgan fingerprint density at radius 3 is 2.33 bits per heavy atom. The van der Waals surface area contributed by atoms with Gasteiger partial charge in [-0.1, -0.05) is 34.1 Å². The van der Waals surface area contributed by atoms with Gasteiger partial charge in [0.2, 0.25) is 0 Å². The third-order valence-corrected chi connectivity index (χ3v) is 3.75. The van der Waals surface area contributed by atoms with Crippen LogP contribution in [-0.2, 0) is 12.7 Å². The van der Waals surface area contributed by atoms with Crippen LogP contribution in [-0.4, -0.2) is 0 Å². The van der Waals surface area contributed by atoms with Gasteiger partial charge in [-0.15, -0.1) is 0 Å². The molecule has 0 fully saturated rings. The molecule has 21 heavy (non-hydrogen) atoms. The van der Waals surface area contributed by atoms with Gasteiger partial charge in [0, 0.05) is 16.7 Å². The van der Waals surface area contributed by atoms with E-state index in [2.05, 4.69) is 21.2 Å². The van der Waals surface area contributed by atoms with Gasteiger partial charge >= 0.3 is 6.18 Å². The van der Waals surface area contributed by atoms with Crippen molar-refractivity contribution in [2.24, 2.45) is 0 Å². The number of rotatable bonds is 3. The first-order valence-corrected chi connectivity index (χ1v) is 7.23. The van der Waals surface area contributed by atoms with E-state index in [1.165, 1.54) is 11.1 Å². The molecule has 0 aliphatic carbocycles. The van der Waals surface area contributed by atoms with E-state index in [0.29, 0.717) is 16.7 Å². The summed E-state index contributed by atoms with van der Waals surface area (Å²) in [6.07, 6.45) is -4.35. The summed E-state index contributed by atoms with van der Waals surface area (Å²) in [5, 5.41) is 3.03. The van der Waals surface area contributed by atoms with Gasteiger partial charge in [-0.2, -0.15) is 13.2 Å². The Labute approximate surface area is 130 Å². The number of aryl methyl sites for hydroxylation is 2. The van der Waals surface area contributed by atoms with Crippen LogP contribution in [0.25, 0.3) is 0 Å². The predicted octanol–water partition coefficient (Wildman–Crippen LogP) is 5.70. The highest BCUT2D eigenvalue weighted by atomic mass is 79.9. The quantitative estimate of drug-likeness (QED) is 0.743. The average molecular weight is 358 g/mol. The molecule has 0 radical (unpaired) electrons. The maximum Gasteiger partial charge on any atom is 0.416 e. The minimum absolute atomic E-state index is 0.403. The number of anilines is 1. The monoisotopic (exact) mass is 357 g/mol. The molecule has 0 amide bonds. The van der Waals surface area contributed by atoms with E-state index in [0.717, 1.165) is 17.7 Å². The molecule has 0 saturated heterocycles. The standard InChI is InChI=1S/C16H15BrF3N/c1-10-3-4-12(5-11(10)2)9-21-15-7-13(16(18,19)20)6-14(17)8-15/h3-8,21H,9H2,1-2H3. The first-order valence-electron chi connectivity index (χ1n) is 6.43. The second-order valence-electron chi connectivity index (χ2n) is 5.00. The fourth-order valence-corrected chi connectivity index (χ4v) is 2.47. The van der Waals surface area contributed by atoms with Gasteiger partial charge in [-0.3, -0.25) is 0 Å². The van der Waals surface area contributed by atoms with Gasteiger partial charge in [-0.25, -0.2) is 0 Å². The topological polar surface area (TPSA) is 12.0 Å². The minimum atomic E-state index is -4.35. The van der Waals surface area contributed by atoms with Crippen molar-refractivity contribution >= 4 is 21.6 Å². The Kier molecular flexibility index (Phi) is 4.61. The lowest BCUT2D eigenvalue weighted by molar-refractivity contribution is -0.137. The molecule has 2 aromatic rings. The molecule has 1 nitrogen and oxygen atoms in total. The summed E-state index contributed by atoms with van der Waals surface area (Å²) in [4.78, 5) is 0. The molecule has 0 aromatic heterocycles. The number of halogens is 4. The second-order valence-corrected chi connectivity index (χ2v) is 5.91. The van der Waals surface area contributed by atoms with Crippen molar-refractivity contribution < 1.29 is 13.2 Å². The Hall–Kier alpha value is -1.49. The number of nitrogens with one attached hydrogen (secondary N) is 1. The molecule has 0 aliphatic heterocycles. The summed E-state index contributed by atoms with van der Waals surface area (Å²) in [5.41, 5.74) is 3.17. The number of alkyl halides is 3. The zero-order valence-corrected chi connectivity index (χ0v) is 13.3. The molecule has 0 heterocycles. The molecule has 2 aromatic carbocycles. The van der Waals surface area contributed by atoms with Gasteiger partial charge in [-0.05, 0) is 48.7 Å². The summed E-state index contributed by atoms with van der Waals surface area (Å²) in [5.74, 6) is 0. The van der Waals surface area contributed by atoms with Crippen LogP contribution in [0.4, 0.5) is 18.9 Å². The molecule has 0 atom stereocenters. The zero-order chi connectivity index (χ0) is 15.6. The molecule has 0 unspecified atom stereocenters. The Morgan fingerprint density at radius 2 is 1.71 bits per heavy atom. The minimum Gasteiger partial charge on any atom is -0.381 e. The Balaban J connectivity index is 2.16. The van der Waals surface area contributed by atoms with Crippen LogP contribution in [0, 0.1) is 13.8 Å². The van der Waals surface area contributed by atoms with Gasteiger partial charge < -0.3 is 5.32 Å². The van der Waals surface area contributed by atoms with Crippen molar-refractivity contribution in [3.63, 3.8) is 0 Å². The van der Waals surface area contributed by atoms with Crippen LogP contribution in [0.5, 0.6) is 0 Å². The van der Waals surface area contributed by atoms with Crippen molar-refractivity contribution in [3.8, 4) is 0 Å². The normalized spacial score (nSPS) is 11.5. The SMILES string of the molecule is Cc1ccc(CNc2cc(Br)cc(C(F)(F)F)c2)cc1C. The lowest BCUT2D eigenvalue weighted by atomic mass is 10.1. The summed E-state index contributed by atoms with van der Waals surface area (Å²) in [6, 6.07) is 9.83. The molecule has 0 aliphatic rings. The van der Waals surface area contributed by atoms with E-state index >= 15 is 0 Å². The summed E-state index contributed by atoms with van der Waals surface area (Å²) >= 11 is 3.11. The van der Waals surface area contributed by atoms with Crippen LogP contribution in [0.1, 0.15) is 22.3 Å². The van der Waals surface area contributed by atoms with Gasteiger partial charge in [0.1, 0.15) is 0 Å². The molecular formula is C16H15BrF3N. The lowest BCUT2D eigenvalue weighted by Crippen LogP contribution is -2.07. The first kappa shape index (κ1) is 15.9. The second kappa shape index (κ2) is 6.10. The van der Waals surface area contributed by atoms with Crippen LogP contribution in [0.3, 0.4) is 0 Å². The third kappa shape index (κ3) is 4.24. The number of benzene rings is 2. The van der Waals surface area contributed by atoms with E-state index < -0.39 is 11.7 Å². The van der Waals surface area contributed by atoms with E-state index in [1.54, 1.807) is 6.07 Å². The Bertz CT molecular complexity index is 650. The van der Waals surface area contributed by atoms with E-state index in [4.69, 9.17) is 0 Å². The lowest BCUT2D eigenvalue weighted by Gasteiger charge is -2.12. The van der Waals surface area contributed by atoms with Gasteiger partial charge in [0.25, 0.3) is 0 Å². The highest BCUT2D eigenvalue weighted by Gasteiger charge is 2.31. The van der Waals surface area contributed by atoms with Crippen LogP contribution < -0.4 is 5.32 Å². The highest BCUT2D eigenvalue weighted by molar-refractivity contribution is 9.10. The van der Waals surface area contributed by atoms with Crippen LogP contribution >= 0.6 is 15.9 Å². The molecule has 5 heteroatoms. The molecule has 1 N–H and O–H groups in total. The maximum atomic E-state index is 12.8. The molecular weight excluding hydrogens is 343 g/mol. The molecule has 0 bridgehead atoms. The molecule has 0 saturated carbocycles. The van der Waals surface area contributed by atoms with E-state index in [9.17, 15) is 13.2 Å². The van der Waals surface area contributed by atoms with E-state index in [1.807, 2.05) is 32.0 Å². The van der Waals surface area contributed by atoms with Gasteiger partial charge in [0.05, 0.1) is 5.56 Å². The molecule has 112 valence electrons. The third-order valence-electron chi connectivity index (χ3n) is 3.29. The summed E-state index contributed by atoms with van der Waals surface area (Å²) in [6.45, 7) is 4.52. The smallest absolute Gasteiger partial charge is 0.381 e. The van der Waals surface area contributed by atoms with E-state index in [-0.39, 0.29) is 0 Å². The van der Waals surface area contributed by atoms with Crippen LogP contribution in [0.15, 0.2) is 40.9 Å². The highest BCUT2D eigenvalue weighted by Crippen LogP contribution is 2.33. The maximum absolute atomic E-state index is 12.8. The van der Waals surface area contributed by atoms with Crippen LogP contribution in [0.2, 0.25) is 0 Å².